The van der Waals surface area contributed by atoms with Gasteiger partial charge < -0.3 is 14.6 Å². The van der Waals surface area contributed by atoms with Crippen molar-refractivity contribution in [1.82, 2.24) is 0 Å². The van der Waals surface area contributed by atoms with Gasteiger partial charge >= 0.3 is 0 Å². The molecule has 2 atom stereocenters. The van der Waals surface area contributed by atoms with Gasteiger partial charge in [0.2, 0.25) is 6.54 Å². The fourth-order valence-corrected chi connectivity index (χ4v) is 1.80. The summed E-state index contributed by atoms with van der Waals surface area (Å²) in [5, 5.41) is 20.1. The maximum absolute atomic E-state index is 10.4. The molecule has 0 radical (unpaired) electrons. The number of aliphatic hydroxyl groups excluding tert-OH is 1. The number of hydrogen-bond acceptors (Lipinski definition) is 5. The van der Waals surface area contributed by atoms with Gasteiger partial charge in [0.25, 0.3) is 0 Å². The second-order valence-corrected chi connectivity index (χ2v) is 4.96. The van der Waals surface area contributed by atoms with Crippen LogP contribution in [-0.2, 0) is 4.74 Å². The lowest BCUT2D eigenvalue weighted by Crippen LogP contribution is -2.19. The van der Waals surface area contributed by atoms with Crippen LogP contribution in [0.3, 0.4) is 0 Å². The molecule has 6 heteroatoms. The predicted molar refractivity (Wildman–Crippen MR) is 79.1 cm³/mol. The third-order valence-corrected chi connectivity index (χ3v) is 2.90. The van der Waals surface area contributed by atoms with E-state index in [-0.39, 0.29) is 6.10 Å². The summed E-state index contributed by atoms with van der Waals surface area (Å²) >= 11 is 0. The molecule has 1 N–H and O–H groups in total. The molecule has 0 saturated carbocycles. The fourth-order valence-electron chi connectivity index (χ4n) is 1.80. The Kier molecular flexibility index (Phi) is 7.71. The number of rotatable bonds is 10. The molecule has 0 aliphatic carbocycles. The van der Waals surface area contributed by atoms with Crippen molar-refractivity contribution in [2.24, 2.45) is 0 Å². The number of nitrogens with zero attached hydrogens (tertiary/aromatic N) is 1. The van der Waals surface area contributed by atoms with Crippen LogP contribution in [0.1, 0.15) is 38.4 Å². The van der Waals surface area contributed by atoms with Crippen LogP contribution in [0, 0.1) is 10.1 Å². The second kappa shape index (κ2) is 9.31. The molecule has 0 saturated heterocycles. The van der Waals surface area contributed by atoms with E-state index in [0.717, 1.165) is 12.8 Å². The number of benzene rings is 1. The van der Waals surface area contributed by atoms with Crippen molar-refractivity contribution in [2.45, 2.75) is 38.9 Å². The van der Waals surface area contributed by atoms with Crippen molar-refractivity contribution < 1.29 is 19.5 Å². The van der Waals surface area contributed by atoms with Crippen LogP contribution in [0.15, 0.2) is 24.3 Å². The minimum absolute atomic E-state index is 0.121. The fraction of sp³-hybridized carbons (Fsp3) is 0.600. The first-order valence-corrected chi connectivity index (χ1v) is 7.17. The Hall–Kier alpha value is -1.66. The smallest absolute Gasteiger partial charge is 0.233 e. The topological polar surface area (TPSA) is 81.8 Å². The quantitative estimate of drug-likeness (QED) is 0.408. The van der Waals surface area contributed by atoms with Crippen LogP contribution in [0.4, 0.5) is 0 Å². The molecule has 118 valence electrons. The highest BCUT2D eigenvalue weighted by atomic mass is 16.6. The monoisotopic (exact) mass is 297 g/mol. The van der Waals surface area contributed by atoms with E-state index < -0.39 is 17.6 Å². The number of unbranched alkanes of at least 4 members (excludes halogenated alkanes) is 1. The molecule has 1 aromatic rings. The summed E-state index contributed by atoms with van der Waals surface area (Å²) < 4.78 is 11.2. The normalized spacial score (nSPS) is 13.7. The Labute approximate surface area is 124 Å². The van der Waals surface area contributed by atoms with E-state index in [1.54, 1.807) is 24.3 Å². The third-order valence-electron chi connectivity index (χ3n) is 2.90. The molecule has 0 heterocycles. The van der Waals surface area contributed by atoms with Gasteiger partial charge in [-0.25, -0.2) is 0 Å². The Balaban J connectivity index is 2.49. The molecule has 0 bridgehead atoms. The zero-order valence-electron chi connectivity index (χ0n) is 12.5. The summed E-state index contributed by atoms with van der Waals surface area (Å²) in [6, 6.07) is 6.73. The van der Waals surface area contributed by atoms with Crippen LogP contribution < -0.4 is 4.74 Å². The maximum atomic E-state index is 10.4. The maximum Gasteiger partial charge on any atom is 0.233 e. The molecule has 0 unspecified atom stereocenters. The van der Waals surface area contributed by atoms with E-state index >= 15 is 0 Å². The van der Waals surface area contributed by atoms with Crippen molar-refractivity contribution >= 4 is 0 Å². The lowest BCUT2D eigenvalue weighted by molar-refractivity contribution is -0.491. The highest BCUT2D eigenvalue weighted by Gasteiger charge is 2.15. The van der Waals surface area contributed by atoms with Gasteiger partial charge in [-0.2, -0.15) is 0 Å². The van der Waals surface area contributed by atoms with Crippen LogP contribution in [0.25, 0.3) is 0 Å². The molecule has 0 amide bonds. The summed E-state index contributed by atoms with van der Waals surface area (Å²) in [5.41, 5.74) is 0.475. The molecular weight excluding hydrogens is 274 g/mol. The van der Waals surface area contributed by atoms with Gasteiger partial charge in [0.15, 0.2) is 0 Å². The lowest BCUT2D eigenvalue weighted by atomic mass is 10.1. The summed E-state index contributed by atoms with van der Waals surface area (Å²) in [6.07, 6.45) is 0.866. The molecule has 0 fully saturated rings. The first kappa shape index (κ1) is 17.4. The van der Waals surface area contributed by atoms with Crippen LogP contribution >= 0.6 is 0 Å². The minimum Gasteiger partial charge on any atom is -0.488 e. The van der Waals surface area contributed by atoms with Crippen molar-refractivity contribution in [3.8, 4) is 5.75 Å². The van der Waals surface area contributed by atoms with Gasteiger partial charge in [-0.3, -0.25) is 10.1 Å². The zero-order chi connectivity index (χ0) is 15.7. The number of nitro groups is 1. The minimum atomic E-state index is -1.13. The van der Waals surface area contributed by atoms with Gasteiger partial charge in [-0.15, -0.1) is 0 Å². The first-order valence-electron chi connectivity index (χ1n) is 7.17. The van der Waals surface area contributed by atoms with Crippen LogP contribution in [0.5, 0.6) is 5.75 Å². The molecule has 0 aliphatic rings. The first-order chi connectivity index (χ1) is 10.0. The molecule has 1 aromatic carbocycles. The second-order valence-electron chi connectivity index (χ2n) is 4.96. The Bertz CT molecular complexity index is 438. The molecule has 0 aromatic heterocycles. The summed E-state index contributed by atoms with van der Waals surface area (Å²) in [6.45, 7) is 4.68. The molecule has 0 spiro atoms. The van der Waals surface area contributed by atoms with Crippen molar-refractivity contribution in [2.75, 3.05) is 19.8 Å². The lowest BCUT2D eigenvalue weighted by Gasteiger charge is -2.16. The Morgan fingerprint density at radius 2 is 2.19 bits per heavy atom. The largest absolute Gasteiger partial charge is 0.488 e. The van der Waals surface area contributed by atoms with Crippen LogP contribution in [0.2, 0.25) is 0 Å². The molecular formula is C15H23NO5. The van der Waals surface area contributed by atoms with Gasteiger partial charge in [0.1, 0.15) is 18.0 Å². The predicted octanol–water partition coefficient (Wildman–Crippen LogP) is 2.58. The van der Waals surface area contributed by atoms with Gasteiger partial charge in [0.05, 0.1) is 6.61 Å². The average molecular weight is 297 g/mol. The zero-order valence-corrected chi connectivity index (χ0v) is 12.5. The summed E-state index contributed by atoms with van der Waals surface area (Å²) in [7, 11) is 0. The van der Waals surface area contributed by atoms with Crippen LogP contribution in [-0.4, -0.2) is 35.9 Å². The van der Waals surface area contributed by atoms with Gasteiger partial charge in [0, 0.05) is 11.5 Å². The SMILES string of the molecule is CCCCOC[C@@H](C)Oc1cccc([C@H](O)C[N+](=O)[O-])c1. The van der Waals surface area contributed by atoms with Gasteiger partial charge in [-0.05, 0) is 31.0 Å². The molecule has 6 nitrogen and oxygen atoms in total. The Morgan fingerprint density at radius 1 is 1.43 bits per heavy atom. The molecule has 0 aliphatic heterocycles. The van der Waals surface area contributed by atoms with Crippen molar-refractivity contribution in [3.05, 3.63) is 39.9 Å². The van der Waals surface area contributed by atoms with E-state index in [2.05, 4.69) is 6.92 Å². The molecule has 21 heavy (non-hydrogen) atoms. The standard InChI is InChI=1S/C15H23NO5/c1-3-4-8-20-11-12(2)21-14-7-5-6-13(9-14)15(17)10-16(18)19/h5-7,9,12,15,17H,3-4,8,10-11H2,1-2H3/t12-,15-/m1/s1. The van der Waals surface area contributed by atoms with E-state index in [1.807, 2.05) is 6.92 Å². The number of hydrogen-bond donors (Lipinski definition) is 1. The van der Waals surface area contributed by atoms with E-state index in [4.69, 9.17) is 9.47 Å². The van der Waals surface area contributed by atoms with Crippen molar-refractivity contribution in [3.63, 3.8) is 0 Å². The number of ether oxygens (including phenoxy) is 2. The summed E-state index contributed by atoms with van der Waals surface area (Å²) in [5.74, 6) is 0.571. The number of aliphatic hydroxyl groups is 1. The summed E-state index contributed by atoms with van der Waals surface area (Å²) in [4.78, 5) is 9.88. The highest BCUT2D eigenvalue weighted by Crippen LogP contribution is 2.20. The van der Waals surface area contributed by atoms with E-state index in [0.29, 0.717) is 24.5 Å². The molecule has 1 rings (SSSR count). The highest BCUT2D eigenvalue weighted by molar-refractivity contribution is 5.30. The third kappa shape index (κ3) is 7.06. The van der Waals surface area contributed by atoms with Crippen molar-refractivity contribution in [1.29, 1.82) is 0 Å². The van der Waals surface area contributed by atoms with E-state index in [9.17, 15) is 15.2 Å². The van der Waals surface area contributed by atoms with Gasteiger partial charge in [-0.1, -0.05) is 25.5 Å². The average Bonchev–Trinajstić information content (AvgIpc) is 2.43. The Morgan fingerprint density at radius 3 is 2.86 bits per heavy atom. The van der Waals surface area contributed by atoms with E-state index in [1.165, 1.54) is 0 Å².